The number of hydrogen-bond donors (Lipinski definition) is 1. The fraction of sp³-hybridized carbons (Fsp3) is 0.286. The van der Waals surface area contributed by atoms with Crippen LogP contribution >= 0.6 is 27.7 Å². The zero-order valence-electron chi connectivity index (χ0n) is 11.2. The third-order valence-electron chi connectivity index (χ3n) is 2.84. The van der Waals surface area contributed by atoms with Gasteiger partial charge in [-0.15, -0.1) is 11.8 Å². The standard InChI is InChI=1S/C14H16BrN3S/c1-9-10(2)17-13(18-14(9)16-3)8-19-12-6-4-5-11(15)7-12/h4-7H,8H2,1-3H3,(H,16,17,18). The number of aromatic nitrogens is 2. The summed E-state index contributed by atoms with van der Waals surface area (Å²) in [6.45, 7) is 4.05. The molecule has 1 aromatic heterocycles. The lowest BCUT2D eigenvalue weighted by Crippen LogP contribution is -2.04. The third kappa shape index (κ3) is 3.70. The van der Waals surface area contributed by atoms with E-state index in [0.717, 1.165) is 33.1 Å². The predicted octanol–water partition coefficient (Wildman–Crippen LogP) is 4.19. The fourth-order valence-corrected chi connectivity index (χ4v) is 3.06. The lowest BCUT2D eigenvalue weighted by molar-refractivity contribution is 0.974. The average Bonchev–Trinajstić information content (AvgIpc) is 2.40. The summed E-state index contributed by atoms with van der Waals surface area (Å²) in [7, 11) is 1.89. The predicted molar refractivity (Wildman–Crippen MR) is 84.8 cm³/mol. The van der Waals surface area contributed by atoms with Crippen LogP contribution in [0.4, 0.5) is 5.82 Å². The van der Waals surface area contributed by atoms with Crippen molar-refractivity contribution in [2.75, 3.05) is 12.4 Å². The number of nitrogens with zero attached hydrogens (tertiary/aromatic N) is 2. The molecule has 2 aromatic rings. The molecule has 0 atom stereocenters. The smallest absolute Gasteiger partial charge is 0.141 e. The fourth-order valence-electron chi connectivity index (χ4n) is 1.70. The summed E-state index contributed by atoms with van der Waals surface area (Å²) >= 11 is 5.22. The van der Waals surface area contributed by atoms with Crippen LogP contribution in [0.15, 0.2) is 33.6 Å². The first-order valence-corrected chi connectivity index (χ1v) is 7.78. The van der Waals surface area contributed by atoms with E-state index in [1.54, 1.807) is 11.8 Å². The number of nitrogens with one attached hydrogen (secondary N) is 1. The van der Waals surface area contributed by atoms with E-state index in [1.807, 2.05) is 33.0 Å². The molecule has 2 rings (SSSR count). The van der Waals surface area contributed by atoms with Gasteiger partial charge in [-0.2, -0.15) is 0 Å². The first-order chi connectivity index (χ1) is 9.10. The van der Waals surface area contributed by atoms with Crippen molar-refractivity contribution in [3.8, 4) is 0 Å². The van der Waals surface area contributed by atoms with Crippen molar-refractivity contribution in [2.45, 2.75) is 24.5 Å². The summed E-state index contributed by atoms with van der Waals surface area (Å²) in [4.78, 5) is 10.3. The van der Waals surface area contributed by atoms with Gasteiger partial charge >= 0.3 is 0 Å². The van der Waals surface area contributed by atoms with E-state index in [1.165, 1.54) is 4.90 Å². The first kappa shape index (κ1) is 14.3. The molecule has 0 bridgehead atoms. The Bertz CT molecular complexity index is 587. The van der Waals surface area contributed by atoms with E-state index in [-0.39, 0.29) is 0 Å². The number of halogens is 1. The molecule has 1 N–H and O–H groups in total. The van der Waals surface area contributed by atoms with Crippen LogP contribution in [-0.4, -0.2) is 17.0 Å². The Morgan fingerprint density at radius 3 is 2.74 bits per heavy atom. The second-order valence-corrected chi connectivity index (χ2v) is 6.16. The minimum Gasteiger partial charge on any atom is -0.373 e. The highest BCUT2D eigenvalue weighted by atomic mass is 79.9. The number of hydrogen-bond acceptors (Lipinski definition) is 4. The molecule has 0 unspecified atom stereocenters. The van der Waals surface area contributed by atoms with Crippen LogP contribution in [0, 0.1) is 13.8 Å². The van der Waals surface area contributed by atoms with Crippen LogP contribution in [0.25, 0.3) is 0 Å². The highest BCUT2D eigenvalue weighted by Crippen LogP contribution is 2.25. The Balaban J connectivity index is 2.13. The largest absolute Gasteiger partial charge is 0.373 e. The number of thioether (sulfide) groups is 1. The zero-order valence-corrected chi connectivity index (χ0v) is 13.6. The molecule has 0 amide bonds. The van der Waals surface area contributed by atoms with E-state index >= 15 is 0 Å². The van der Waals surface area contributed by atoms with E-state index in [0.29, 0.717) is 0 Å². The number of benzene rings is 1. The van der Waals surface area contributed by atoms with Crippen molar-refractivity contribution in [3.63, 3.8) is 0 Å². The van der Waals surface area contributed by atoms with Gasteiger partial charge in [0.05, 0.1) is 5.75 Å². The highest BCUT2D eigenvalue weighted by molar-refractivity contribution is 9.10. The molecule has 0 aliphatic heterocycles. The SMILES string of the molecule is CNc1nc(CSc2cccc(Br)c2)nc(C)c1C. The molecule has 0 fully saturated rings. The molecule has 0 aliphatic carbocycles. The van der Waals surface area contributed by atoms with Gasteiger partial charge in [0.2, 0.25) is 0 Å². The van der Waals surface area contributed by atoms with Gasteiger partial charge in [-0.05, 0) is 32.0 Å². The van der Waals surface area contributed by atoms with E-state index < -0.39 is 0 Å². The van der Waals surface area contributed by atoms with E-state index in [9.17, 15) is 0 Å². The summed E-state index contributed by atoms with van der Waals surface area (Å²) in [6.07, 6.45) is 0. The highest BCUT2D eigenvalue weighted by Gasteiger charge is 2.07. The molecule has 5 heteroatoms. The molecule has 0 saturated heterocycles. The van der Waals surface area contributed by atoms with Gasteiger partial charge in [0, 0.05) is 27.7 Å². The minimum atomic E-state index is 0.770. The number of anilines is 1. The van der Waals surface area contributed by atoms with Crippen molar-refractivity contribution in [3.05, 3.63) is 45.8 Å². The van der Waals surface area contributed by atoms with Gasteiger partial charge in [-0.3, -0.25) is 0 Å². The maximum absolute atomic E-state index is 4.54. The summed E-state index contributed by atoms with van der Waals surface area (Å²) in [5.41, 5.74) is 2.14. The lowest BCUT2D eigenvalue weighted by Gasteiger charge is -2.09. The number of rotatable bonds is 4. The van der Waals surface area contributed by atoms with Gasteiger partial charge in [0.25, 0.3) is 0 Å². The molecule has 19 heavy (non-hydrogen) atoms. The molecule has 3 nitrogen and oxygen atoms in total. The second-order valence-electron chi connectivity index (χ2n) is 4.19. The number of aryl methyl sites for hydroxylation is 1. The van der Waals surface area contributed by atoms with E-state index in [4.69, 9.17) is 0 Å². The van der Waals surface area contributed by atoms with Crippen LogP contribution < -0.4 is 5.32 Å². The van der Waals surface area contributed by atoms with Crippen molar-refractivity contribution in [1.82, 2.24) is 9.97 Å². The summed E-state index contributed by atoms with van der Waals surface area (Å²) in [5, 5.41) is 3.12. The lowest BCUT2D eigenvalue weighted by atomic mass is 10.2. The molecule has 0 radical (unpaired) electrons. The van der Waals surface area contributed by atoms with Crippen molar-refractivity contribution in [1.29, 1.82) is 0 Å². The normalized spacial score (nSPS) is 10.5. The molecular weight excluding hydrogens is 322 g/mol. The Hall–Kier alpha value is -1.07. The Morgan fingerprint density at radius 1 is 1.26 bits per heavy atom. The Morgan fingerprint density at radius 2 is 2.05 bits per heavy atom. The summed E-state index contributed by atoms with van der Waals surface area (Å²) < 4.78 is 1.09. The van der Waals surface area contributed by atoms with Gasteiger partial charge in [-0.1, -0.05) is 22.0 Å². The minimum absolute atomic E-state index is 0.770. The summed E-state index contributed by atoms with van der Waals surface area (Å²) in [6, 6.07) is 8.25. The van der Waals surface area contributed by atoms with Crippen molar-refractivity contribution in [2.24, 2.45) is 0 Å². The maximum Gasteiger partial charge on any atom is 0.141 e. The van der Waals surface area contributed by atoms with Gasteiger partial charge < -0.3 is 5.32 Å². The monoisotopic (exact) mass is 337 g/mol. The Labute approximate surface area is 126 Å². The van der Waals surface area contributed by atoms with Crippen LogP contribution in [0.2, 0.25) is 0 Å². The molecule has 1 heterocycles. The van der Waals surface area contributed by atoms with Crippen LogP contribution in [0.5, 0.6) is 0 Å². The van der Waals surface area contributed by atoms with Crippen LogP contribution in [-0.2, 0) is 5.75 Å². The Kier molecular flexibility index (Phi) is 4.82. The second kappa shape index (κ2) is 6.39. The quantitative estimate of drug-likeness (QED) is 0.849. The van der Waals surface area contributed by atoms with Gasteiger partial charge in [0.15, 0.2) is 0 Å². The van der Waals surface area contributed by atoms with Crippen LogP contribution in [0.3, 0.4) is 0 Å². The molecule has 0 spiro atoms. The van der Waals surface area contributed by atoms with Crippen molar-refractivity contribution >= 4 is 33.5 Å². The first-order valence-electron chi connectivity index (χ1n) is 6.00. The molecular formula is C14H16BrN3S. The van der Waals surface area contributed by atoms with Gasteiger partial charge in [-0.25, -0.2) is 9.97 Å². The zero-order chi connectivity index (χ0) is 13.8. The summed E-state index contributed by atoms with van der Waals surface area (Å²) in [5.74, 6) is 2.54. The molecule has 0 aliphatic rings. The average molecular weight is 338 g/mol. The maximum atomic E-state index is 4.54. The molecule has 1 aromatic carbocycles. The van der Waals surface area contributed by atoms with Crippen LogP contribution in [0.1, 0.15) is 17.1 Å². The van der Waals surface area contributed by atoms with Gasteiger partial charge in [0.1, 0.15) is 11.6 Å². The third-order valence-corrected chi connectivity index (χ3v) is 4.32. The van der Waals surface area contributed by atoms with E-state index in [2.05, 4.69) is 43.3 Å². The topological polar surface area (TPSA) is 37.8 Å². The molecule has 0 saturated carbocycles. The van der Waals surface area contributed by atoms with Crippen molar-refractivity contribution < 1.29 is 0 Å². The molecule has 100 valence electrons.